The van der Waals surface area contributed by atoms with Crippen LogP contribution in [0.15, 0.2) is 29.3 Å². The van der Waals surface area contributed by atoms with Crippen molar-refractivity contribution in [2.75, 3.05) is 32.2 Å². The molecule has 4 heterocycles. The Balaban J connectivity index is 1.66. The third-order valence-electron chi connectivity index (χ3n) is 9.92. The first-order valence-corrected chi connectivity index (χ1v) is 16.6. The first kappa shape index (κ1) is 31.6. The highest BCUT2D eigenvalue weighted by Crippen LogP contribution is 2.48. The van der Waals surface area contributed by atoms with E-state index in [1.54, 1.807) is 0 Å². The van der Waals surface area contributed by atoms with Crippen LogP contribution in [0, 0.1) is 0 Å². The van der Waals surface area contributed by atoms with Gasteiger partial charge in [0.15, 0.2) is 0 Å². The van der Waals surface area contributed by atoms with Crippen molar-refractivity contribution >= 4 is 35.7 Å². The smallest absolute Gasteiger partial charge is 0.121 e. The van der Waals surface area contributed by atoms with E-state index in [2.05, 4.69) is 59.8 Å². The van der Waals surface area contributed by atoms with Gasteiger partial charge >= 0.3 is 0 Å². The third-order valence-corrected chi connectivity index (χ3v) is 10.3. The van der Waals surface area contributed by atoms with Gasteiger partial charge in [0.1, 0.15) is 22.9 Å². The van der Waals surface area contributed by atoms with Gasteiger partial charge in [-0.2, -0.15) is 17.6 Å². The summed E-state index contributed by atoms with van der Waals surface area (Å²) in [5.41, 5.74) is 0.320. The molecule has 2 unspecified atom stereocenters. The molecule has 0 saturated carbocycles. The Morgan fingerprint density at radius 1 is 0.756 bits per heavy atom. The number of hydrogen-bond donors (Lipinski definition) is 1. The van der Waals surface area contributed by atoms with Gasteiger partial charge < -0.3 is 18.9 Å². The fraction of sp³-hybridized carbons (Fsp3) is 0.781. The topological polar surface area (TPSA) is 55.8 Å². The van der Waals surface area contributed by atoms with E-state index < -0.39 is 22.9 Å². The minimum atomic E-state index is -0.444. The van der Waals surface area contributed by atoms with Crippen molar-refractivity contribution in [3.05, 3.63) is 29.8 Å². The normalized spacial score (nSPS) is 35.3. The molecule has 4 fully saturated rings. The van der Waals surface area contributed by atoms with E-state index in [0.717, 1.165) is 102 Å². The SMILES string of the molecule is C[C@@]1(N(C(CCS)C(Cc2ccc(N=C=S)cc2)N([C@]2(C)CCCO2)[C@]2(C)CCCO2)[C@]2(C)CCCO2)CCCO1. The summed E-state index contributed by atoms with van der Waals surface area (Å²) in [5.74, 6) is 0.759. The van der Waals surface area contributed by atoms with Crippen molar-refractivity contribution < 1.29 is 18.9 Å². The van der Waals surface area contributed by atoms with Gasteiger partial charge in [-0.1, -0.05) is 12.1 Å². The van der Waals surface area contributed by atoms with Crippen molar-refractivity contribution in [1.29, 1.82) is 0 Å². The van der Waals surface area contributed by atoms with Crippen molar-refractivity contribution in [1.82, 2.24) is 9.80 Å². The zero-order valence-electron chi connectivity index (χ0n) is 25.4. The fourth-order valence-electron chi connectivity index (χ4n) is 8.25. The number of benzene rings is 1. The molecule has 9 heteroatoms. The molecule has 228 valence electrons. The standard InChI is InChI=1S/C32H49N3O4S2/c1-29(14-5-18-36-29)34(30(2)15-6-19-37-30)27(13-22-40)28(23-25-9-11-26(12-10-25)33-24-41)35(31(3)16-7-20-38-31)32(4)17-8-21-39-32/h9-12,27-28,40H,5-8,13-23H2,1-4H3/t27?,28?,29-,30-,31-,32-/m0/s1. The molecule has 0 N–H and O–H groups in total. The molecule has 4 aliphatic heterocycles. The third kappa shape index (κ3) is 6.50. The highest BCUT2D eigenvalue weighted by molar-refractivity contribution is 7.80. The lowest BCUT2D eigenvalue weighted by Crippen LogP contribution is -2.72. The molecule has 1 aromatic rings. The molecule has 41 heavy (non-hydrogen) atoms. The summed E-state index contributed by atoms with van der Waals surface area (Å²) in [6, 6.07) is 8.55. The highest BCUT2D eigenvalue weighted by Gasteiger charge is 2.58. The molecule has 6 atom stereocenters. The van der Waals surface area contributed by atoms with Crippen LogP contribution in [0.25, 0.3) is 0 Å². The number of hydrogen-bond acceptors (Lipinski definition) is 9. The maximum Gasteiger partial charge on any atom is 0.121 e. The number of rotatable bonds is 12. The molecule has 0 radical (unpaired) electrons. The van der Waals surface area contributed by atoms with Gasteiger partial charge in [-0.05, 0) is 128 Å². The summed E-state index contributed by atoms with van der Waals surface area (Å²) < 4.78 is 26.6. The van der Waals surface area contributed by atoms with E-state index in [0.29, 0.717) is 0 Å². The van der Waals surface area contributed by atoms with Gasteiger partial charge in [-0.25, -0.2) is 9.80 Å². The van der Waals surface area contributed by atoms with Crippen LogP contribution in [0.1, 0.15) is 91.0 Å². The van der Waals surface area contributed by atoms with Crippen LogP contribution in [0.2, 0.25) is 0 Å². The van der Waals surface area contributed by atoms with Gasteiger partial charge in [0.2, 0.25) is 0 Å². The molecule has 0 bridgehead atoms. The van der Waals surface area contributed by atoms with Gasteiger partial charge in [-0.3, -0.25) is 0 Å². The summed E-state index contributed by atoms with van der Waals surface area (Å²) in [7, 11) is 0. The van der Waals surface area contributed by atoms with Crippen molar-refractivity contribution in [2.45, 2.75) is 127 Å². The van der Waals surface area contributed by atoms with Crippen LogP contribution < -0.4 is 0 Å². The number of nitrogens with zero attached hydrogens (tertiary/aromatic N) is 3. The summed E-state index contributed by atoms with van der Waals surface area (Å²) in [6.45, 7) is 12.2. The van der Waals surface area contributed by atoms with Crippen LogP contribution in [-0.4, -0.2) is 82.1 Å². The van der Waals surface area contributed by atoms with E-state index in [-0.39, 0.29) is 12.1 Å². The van der Waals surface area contributed by atoms with Gasteiger partial charge in [0.05, 0.1) is 10.8 Å². The van der Waals surface area contributed by atoms with Gasteiger partial charge in [0.25, 0.3) is 0 Å². The Labute approximate surface area is 257 Å². The second-order valence-corrected chi connectivity index (χ2v) is 13.6. The minimum absolute atomic E-state index is 0.0512. The van der Waals surface area contributed by atoms with E-state index >= 15 is 0 Å². The van der Waals surface area contributed by atoms with E-state index in [1.165, 1.54) is 5.56 Å². The monoisotopic (exact) mass is 603 g/mol. The number of thiocarbonyl (C=S) groups is 1. The van der Waals surface area contributed by atoms with E-state index in [4.69, 9.17) is 43.8 Å². The zero-order valence-corrected chi connectivity index (χ0v) is 27.1. The Hall–Kier alpha value is -0.870. The van der Waals surface area contributed by atoms with E-state index in [1.807, 2.05) is 12.1 Å². The number of isothiocyanates is 1. The van der Waals surface area contributed by atoms with Gasteiger partial charge in [0, 0.05) is 38.5 Å². The van der Waals surface area contributed by atoms with Crippen LogP contribution in [0.3, 0.4) is 0 Å². The predicted molar refractivity (Wildman–Crippen MR) is 169 cm³/mol. The first-order chi connectivity index (χ1) is 19.7. The Bertz CT molecular complexity index is 1010. The maximum absolute atomic E-state index is 6.67. The van der Waals surface area contributed by atoms with Gasteiger partial charge in [-0.15, -0.1) is 0 Å². The molecule has 0 amide bonds. The Morgan fingerprint density at radius 3 is 1.51 bits per heavy atom. The summed E-state index contributed by atoms with van der Waals surface area (Å²) in [5, 5.41) is 2.49. The summed E-state index contributed by atoms with van der Waals surface area (Å²) in [6.07, 6.45) is 9.80. The lowest BCUT2D eigenvalue weighted by Gasteiger charge is -2.58. The molecule has 4 aliphatic rings. The van der Waals surface area contributed by atoms with Crippen LogP contribution in [-0.2, 0) is 25.4 Å². The lowest BCUT2D eigenvalue weighted by molar-refractivity contribution is -0.282. The average molecular weight is 604 g/mol. The van der Waals surface area contributed by atoms with Crippen molar-refractivity contribution in [3.63, 3.8) is 0 Å². The predicted octanol–water partition coefficient (Wildman–Crippen LogP) is 6.73. The second-order valence-electron chi connectivity index (χ2n) is 13.0. The first-order valence-electron chi connectivity index (χ1n) is 15.6. The van der Waals surface area contributed by atoms with Crippen LogP contribution in [0.5, 0.6) is 0 Å². The highest BCUT2D eigenvalue weighted by atomic mass is 32.1. The quantitative estimate of drug-likeness (QED) is 0.162. The summed E-state index contributed by atoms with van der Waals surface area (Å²) in [4.78, 5) is 9.43. The maximum atomic E-state index is 6.67. The van der Waals surface area contributed by atoms with E-state index in [9.17, 15) is 0 Å². The number of aliphatic imine (C=N–C) groups is 1. The fourth-order valence-corrected chi connectivity index (χ4v) is 8.62. The Kier molecular flexibility index (Phi) is 10.0. The van der Waals surface area contributed by atoms with Crippen molar-refractivity contribution in [2.24, 2.45) is 4.99 Å². The molecule has 1 aromatic carbocycles. The zero-order chi connectivity index (χ0) is 29.1. The largest absolute Gasteiger partial charge is 0.361 e. The Morgan fingerprint density at radius 2 is 1.17 bits per heavy atom. The summed E-state index contributed by atoms with van der Waals surface area (Å²) >= 11 is 9.71. The average Bonchev–Trinajstić information content (AvgIpc) is 3.76. The number of thiol groups is 1. The molecule has 0 spiro atoms. The molecule has 0 aliphatic carbocycles. The second kappa shape index (κ2) is 13.0. The molecule has 0 aromatic heterocycles. The molecule has 4 saturated heterocycles. The van der Waals surface area contributed by atoms with Crippen LogP contribution >= 0.6 is 24.8 Å². The van der Waals surface area contributed by atoms with Crippen LogP contribution in [0.4, 0.5) is 5.69 Å². The molecule has 7 nitrogen and oxygen atoms in total. The molecular weight excluding hydrogens is 555 g/mol. The minimum Gasteiger partial charge on any atom is -0.361 e. The lowest BCUT2D eigenvalue weighted by atomic mass is 9.86. The van der Waals surface area contributed by atoms with Crippen molar-refractivity contribution in [3.8, 4) is 0 Å². The molecular formula is C32H49N3O4S2. The number of ether oxygens (including phenoxy) is 4. The molecule has 5 rings (SSSR count).